The van der Waals surface area contributed by atoms with E-state index in [2.05, 4.69) is 48.5 Å². The van der Waals surface area contributed by atoms with E-state index in [4.69, 9.17) is 4.74 Å². The van der Waals surface area contributed by atoms with Crippen LogP contribution in [0, 0.1) is 5.92 Å². The summed E-state index contributed by atoms with van der Waals surface area (Å²) in [5.41, 5.74) is 5.39. The predicted molar refractivity (Wildman–Crippen MR) is 120 cm³/mol. The Hall–Kier alpha value is -2.59. The fourth-order valence-electron chi connectivity index (χ4n) is 4.80. The molecule has 2 aliphatic rings. The van der Waals surface area contributed by atoms with Gasteiger partial charge in [-0.3, -0.25) is 0 Å². The van der Waals surface area contributed by atoms with Crippen LogP contribution in [0.5, 0.6) is 0 Å². The highest BCUT2D eigenvalue weighted by Crippen LogP contribution is 2.44. The highest BCUT2D eigenvalue weighted by Gasteiger charge is 2.35. The molecule has 1 N–H and O–H groups in total. The molecule has 1 aliphatic carbocycles. The topological polar surface area (TPSA) is 49.8 Å². The molecule has 2 aromatic carbocycles. The molecule has 4 rings (SSSR count). The summed E-state index contributed by atoms with van der Waals surface area (Å²) >= 11 is 0. The normalized spacial score (nSPS) is 19.4. The first-order chi connectivity index (χ1) is 14.4. The first kappa shape index (κ1) is 20.7. The highest BCUT2D eigenvalue weighted by atomic mass is 16.6. The van der Waals surface area contributed by atoms with Gasteiger partial charge in [-0.05, 0) is 73.4 Å². The summed E-state index contributed by atoms with van der Waals surface area (Å²) < 4.78 is 5.57. The lowest BCUT2D eigenvalue weighted by Crippen LogP contribution is -2.42. The lowest BCUT2D eigenvalue weighted by molar-refractivity contribution is 0.0178. The second-order valence-electron chi connectivity index (χ2n) is 9.33. The molecule has 30 heavy (non-hydrogen) atoms. The number of rotatable bonds is 2. The number of nitrogens with zero attached hydrogens (tertiary/aromatic N) is 1. The number of carbonyl (C=O) groups excluding carboxylic acids is 1. The molecule has 4 heteroatoms. The number of aliphatic hydroxyl groups excluding tert-OH is 1. The average molecular weight is 406 g/mol. The Kier molecular flexibility index (Phi) is 5.70. The number of hydrogen-bond donors (Lipinski definition) is 1. The maximum atomic E-state index is 12.5. The van der Waals surface area contributed by atoms with Crippen molar-refractivity contribution in [3.05, 3.63) is 70.8 Å². The van der Waals surface area contributed by atoms with Crippen LogP contribution < -0.4 is 0 Å². The van der Waals surface area contributed by atoms with Crippen LogP contribution in [-0.2, 0) is 4.74 Å². The molecule has 0 radical (unpaired) electrons. The number of fused-ring (bicyclic) bond motifs is 2. The minimum Gasteiger partial charge on any atom is -0.444 e. The van der Waals surface area contributed by atoms with Gasteiger partial charge in [0.25, 0.3) is 0 Å². The highest BCUT2D eigenvalue weighted by molar-refractivity contribution is 5.86. The zero-order valence-corrected chi connectivity index (χ0v) is 18.1. The van der Waals surface area contributed by atoms with Crippen molar-refractivity contribution in [3.63, 3.8) is 0 Å². The molecule has 2 aromatic rings. The summed E-state index contributed by atoms with van der Waals surface area (Å²) in [7, 11) is 0. The molecule has 4 nitrogen and oxygen atoms in total. The van der Waals surface area contributed by atoms with E-state index >= 15 is 0 Å². The van der Waals surface area contributed by atoms with Gasteiger partial charge < -0.3 is 14.7 Å². The zero-order chi connectivity index (χ0) is 21.3. The third-order valence-electron chi connectivity index (χ3n) is 6.14. The summed E-state index contributed by atoms with van der Waals surface area (Å²) in [6.07, 6.45) is 3.78. The van der Waals surface area contributed by atoms with Crippen LogP contribution in [0.4, 0.5) is 4.79 Å². The van der Waals surface area contributed by atoms with Gasteiger partial charge in [-0.15, -0.1) is 0 Å². The molecular weight excluding hydrogens is 374 g/mol. The Morgan fingerprint density at radius 1 is 1.03 bits per heavy atom. The van der Waals surface area contributed by atoms with Crippen molar-refractivity contribution in [2.24, 2.45) is 5.92 Å². The largest absolute Gasteiger partial charge is 0.444 e. The van der Waals surface area contributed by atoms with E-state index < -0.39 is 5.60 Å². The van der Waals surface area contributed by atoms with E-state index in [1.807, 2.05) is 31.7 Å². The smallest absolute Gasteiger partial charge is 0.410 e. The van der Waals surface area contributed by atoms with E-state index in [0.717, 1.165) is 24.0 Å². The van der Waals surface area contributed by atoms with Gasteiger partial charge in [0.1, 0.15) is 5.60 Å². The fraction of sp³-hybridized carbons (Fsp3) is 0.423. The molecule has 0 aromatic heterocycles. The maximum Gasteiger partial charge on any atom is 0.410 e. The van der Waals surface area contributed by atoms with Crippen LogP contribution in [-0.4, -0.2) is 41.4 Å². The van der Waals surface area contributed by atoms with Gasteiger partial charge in [0.2, 0.25) is 0 Å². The van der Waals surface area contributed by atoms with Crippen molar-refractivity contribution < 1.29 is 14.6 Å². The summed E-state index contributed by atoms with van der Waals surface area (Å²) in [5, 5.41) is 10.0. The third-order valence-corrected chi connectivity index (χ3v) is 6.14. The predicted octanol–water partition coefficient (Wildman–Crippen LogP) is 5.31. The monoisotopic (exact) mass is 405 g/mol. The van der Waals surface area contributed by atoms with Crippen molar-refractivity contribution >= 4 is 17.7 Å². The van der Waals surface area contributed by atoms with Gasteiger partial charge in [-0.1, -0.05) is 48.5 Å². The molecule has 1 amide bonds. The molecule has 0 spiro atoms. The Balaban J connectivity index is 1.64. The second-order valence-corrected chi connectivity index (χ2v) is 9.33. The standard InChI is InChI=1S/C26H31NO3/c1-26(2,3)30-25(29)27-14-12-18(13-15-27)24-22-10-5-4-8-19(22)16-20(17-28)21-9-6-7-11-23(21)24/h4-11,16,18,24,28H,12-15,17H2,1-3H3. The molecule has 1 saturated heterocycles. The number of benzene rings is 2. The lowest BCUT2D eigenvalue weighted by atomic mass is 9.74. The number of piperidine rings is 1. The van der Waals surface area contributed by atoms with Crippen LogP contribution in [0.1, 0.15) is 61.8 Å². The van der Waals surface area contributed by atoms with E-state index in [1.165, 1.54) is 16.7 Å². The van der Waals surface area contributed by atoms with E-state index in [-0.39, 0.29) is 18.6 Å². The maximum absolute atomic E-state index is 12.5. The summed E-state index contributed by atoms with van der Waals surface area (Å²) in [5.74, 6) is 0.677. The molecule has 158 valence electrons. The minimum atomic E-state index is -0.473. The number of aliphatic hydroxyl groups is 1. The van der Waals surface area contributed by atoms with Crippen LogP contribution in [0.15, 0.2) is 48.5 Å². The van der Waals surface area contributed by atoms with E-state index in [9.17, 15) is 9.90 Å². The molecule has 1 unspecified atom stereocenters. The molecule has 0 saturated carbocycles. The second kappa shape index (κ2) is 8.27. The van der Waals surface area contributed by atoms with Crippen LogP contribution in [0.2, 0.25) is 0 Å². The molecule has 1 aliphatic heterocycles. The number of carbonyl (C=O) groups is 1. The number of amides is 1. The van der Waals surface area contributed by atoms with Gasteiger partial charge in [-0.25, -0.2) is 4.79 Å². The quantitative estimate of drug-likeness (QED) is 0.736. The molecule has 1 atom stereocenters. The Morgan fingerprint density at radius 3 is 2.33 bits per heavy atom. The van der Waals surface area contributed by atoms with Gasteiger partial charge in [0.15, 0.2) is 0 Å². The van der Waals surface area contributed by atoms with E-state index in [0.29, 0.717) is 19.0 Å². The van der Waals surface area contributed by atoms with Gasteiger partial charge in [-0.2, -0.15) is 0 Å². The van der Waals surface area contributed by atoms with E-state index in [1.54, 1.807) is 0 Å². The summed E-state index contributed by atoms with van der Waals surface area (Å²) in [4.78, 5) is 14.3. The summed E-state index contributed by atoms with van der Waals surface area (Å²) in [6, 6.07) is 17.0. The lowest BCUT2D eigenvalue weighted by Gasteiger charge is -2.37. The van der Waals surface area contributed by atoms with Crippen molar-refractivity contribution in [3.8, 4) is 0 Å². The number of likely N-dealkylation sites (tertiary alicyclic amines) is 1. The van der Waals surface area contributed by atoms with Crippen LogP contribution in [0.3, 0.4) is 0 Å². The SMILES string of the molecule is CC(C)(C)OC(=O)N1CCC(C2c3ccccc3C=C(CO)c3ccccc32)CC1. The first-order valence-electron chi connectivity index (χ1n) is 10.8. The number of hydrogen-bond acceptors (Lipinski definition) is 3. The molecule has 1 fully saturated rings. The van der Waals surface area contributed by atoms with Crippen molar-refractivity contribution in [1.29, 1.82) is 0 Å². The zero-order valence-electron chi connectivity index (χ0n) is 18.1. The third kappa shape index (κ3) is 4.15. The first-order valence-corrected chi connectivity index (χ1v) is 10.8. The fourth-order valence-corrected chi connectivity index (χ4v) is 4.80. The summed E-state index contributed by atoms with van der Waals surface area (Å²) in [6.45, 7) is 7.16. The van der Waals surface area contributed by atoms with Crippen molar-refractivity contribution in [1.82, 2.24) is 4.90 Å². The average Bonchev–Trinajstić information content (AvgIpc) is 2.87. The van der Waals surface area contributed by atoms with Crippen molar-refractivity contribution in [2.45, 2.75) is 45.1 Å². The van der Waals surface area contributed by atoms with Crippen LogP contribution in [0.25, 0.3) is 11.6 Å². The minimum absolute atomic E-state index is 0.0230. The van der Waals surface area contributed by atoms with Gasteiger partial charge >= 0.3 is 6.09 Å². The molecular formula is C26H31NO3. The number of ether oxygens (including phenoxy) is 1. The Labute approximate surface area is 179 Å². The Bertz CT molecular complexity index is 949. The van der Waals surface area contributed by atoms with Gasteiger partial charge in [0.05, 0.1) is 6.61 Å². The molecule has 0 bridgehead atoms. The van der Waals surface area contributed by atoms with Crippen LogP contribution >= 0.6 is 0 Å². The van der Waals surface area contributed by atoms with Crippen molar-refractivity contribution in [2.75, 3.05) is 19.7 Å². The molecule has 1 heterocycles. The Morgan fingerprint density at radius 2 is 1.67 bits per heavy atom. The van der Waals surface area contributed by atoms with Gasteiger partial charge in [0, 0.05) is 19.0 Å².